The third kappa shape index (κ3) is 6.43. The number of hydrogen-bond acceptors (Lipinski definition) is 3. The second-order valence-electron chi connectivity index (χ2n) is 5.40. The Hall–Kier alpha value is -1.21. The molecule has 1 N–H and O–H groups in total. The number of halogens is 3. The number of amides is 1. The monoisotopic (exact) mass is 347 g/mol. The summed E-state index contributed by atoms with van der Waals surface area (Å²) in [6.07, 6.45) is -2.16. The summed E-state index contributed by atoms with van der Waals surface area (Å²) in [6.45, 7) is 2.18. The number of carbonyl (C=O) groups is 1. The minimum Gasteiger partial charge on any atom is -0.381 e. The van der Waals surface area contributed by atoms with Crippen LogP contribution in [-0.2, 0) is 22.1 Å². The van der Waals surface area contributed by atoms with Crippen LogP contribution in [0.5, 0.6) is 0 Å². The van der Waals surface area contributed by atoms with Crippen molar-refractivity contribution in [3.05, 3.63) is 35.4 Å². The first kappa shape index (κ1) is 18.1. The Morgan fingerprint density at radius 3 is 2.48 bits per heavy atom. The van der Waals surface area contributed by atoms with Crippen LogP contribution in [0.1, 0.15) is 24.0 Å². The van der Waals surface area contributed by atoms with E-state index in [2.05, 4.69) is 5.32 Å². The lowest BCUT2D eigenvalue weighted by atomic mass is 10.1. The maximum absolute atomic E-state index is 12.5. The van der Waals surface area contributed by atoms with Crippen molar-refractivity contribution in [2.75, 3.05) is 25.5 Å². The van der Waals surface area contributed by atoms with Gasteiger partial charge in [-0.15, -0.1) is 0 Å². The van der Waals surface area contributed by atoms with E-state index in [1.807, 2.05) is 11.8 Å². The fraction of sp³-hybridized carbons (Fsp3) is 0.562. The summed E-state index contributed by atoms with van der Waals surface area (Å²) in [5.41, 5.74) is -0.123. The second-order valence-corrected chi connectivity index (χ2v) is 6.81. The third-order valence-corrected chi connectivity index (χ3v) is 4.97. The van der Waals surface area contributed by atoms with Crippen LogP contribution < -0.4 is 5.32 Å². The third-order valence-electron chi connectivity index (χ3n) is 3.59. The largest absolute Gasteiger partial charge is 0.416 e. The average Bonchev–Trinajstić information content (AvgIpc) is 2.52. The highest BCUT2D eigenvalue weighted by Gasteiger charge is 2.29. The molecule has 1 fully saturated rings. The molecular weight excluding hydrogens is 327 g/mol. The lowest BCUT2D eigenvalue weighted by Crippen LogP contribution is -2.28. The standard InChI is InChI=1S/C16H20F3NO2S/c17-16(18,19)13-3-1-12(2-4-13)11-15(21)20-7-10-23-14-5-8-22-9-6-14/h1-4,14H,5-11H2,(H,20,21). The zero-order valence-electron chi connectivity index (χ0n) is 12.7. The Morgan fingerprint density at radius 1 is 1.22 bits per heavy atom. The molecule has 1 aromatic carbocycles. The van der Waals surface area contributed by atoms with Crippen molar-refractivity contribution in [3.8, 4) is 0 Å². The van der Waals surface area contributed by atoms with E-state index in [9.17, 15) is 18.0 Å². The van der Waals surface area contributed by atoms with Crippen molar-refractivity contribution in [3.63, 3.8) is 0 Å². The summed E-state index contributed by atoms with van der Waals surface area (Å²) in [5.74, 6) is 0.668. The summed E-state index contributed by atoms with van der Waals surface area (Å²) < 4.78 is 42.6. The van der Waals surface area contributed by atoms with Gasteiger partial charge in [0.05, 0.1) is 12.0 Å². The van der Waals surface area contributed by atoms with E-state index in [4.69, 9.17) is 4.74 Å². The van der Waals surface area contributed by atoms with Crippen LogP contribution in [0, 0.1) is 0 Å². The van der Waals surface area contributed by atoms with Gasteiger partial charge in [-0.05, 0) is 30.5 Å². The Kier molecular flexibility index (Phi) is 6.77. The van der Waals surface area contributed by atoms with Crippen LogP contribution in [0.2, 0.25) is 0 Å². The molecule has 1 aliphatic heterocycles. The van der Waals surface area contributed by atoms with Crippen LogP contribution in [0.15, 0.2) is 24.3 Å². The first-order valence-corrected chi connectivity index (χ1v) is 8.62. The van der Waals surface area contributed by atoms with Gasteiger partial charge in [0.25, 0.3) is 0 Å². The number of carbonyl (C=O) groups excluding carboxylic acids is 1. The van der Waals surface area contributed by atoms with Gasteiger partial charge in [0.1, 0.15) is 0 Å². The van der Waals surface area contributed by atoms with Crippen molar-refractivity contribution >= 4 is 17.7 Å². The van der Waals surface area contributed by atoms with Gasteiger partial charge < -0.3 is 10.1 Å². The van der Waals surface area contributed by atoms with Gasteiger partial charge in [-0.25, -0.2) is 0 Å². The van der Waals surface area contributed by atoms with Crippen LogP contribution in [0.4, 0.5) is 13.2 Å². The fourth-order valence-electron chi connectivity index (χ4n) is 2.32. The van der Waals surface area contributed by atoms with Gasteiger partial charge >= 0.3 is 6.18 Å². The normalized spacial score (nSPS) is 16.3. The highest BCUT2D eigenvalue weighted by atomic mass is 32.2. The number of ether oxygens (including phenoxy) is 1. The molecule has 0 spiro atoms. The van der Waals surface area contributed by atoms with Gasteiger partial charge in [0.2, 0.25) is 5.91 Å². The fourth-order valence-corrected chi connectivity index (χ4v) is 3.40. The molecule has 128 valence electrons. The minimum atomic E-state index is -4.35. The first-order valence-electron chi connectivity index (χ1n) is 7.57. The molecule has 0 saturated carbocycles. The lowest BCUT2D eigenvalue weighted by Gasteiger charge is -2.21. The quantitative estimate of drug-likeness (QED) is 0.803. The molecule has 23 heavy (non-hydrogen) atoms. The van der Waals surface area contributed by atoms with E-state index >= 15 is 0 Å². The van der Waals surface area contributed by atoms with E-state index < -0.39 is 11.7 Å². The van der Waals surface area contributed by atoms with Gasteiger partial charge in [0.15, 0.2) is 0 Å². The van der Waals surface area contributed by atoms with Crippen molar-refractivity contribution < 1.29 is 22.7 Å². The van der Waals surface area contributed by atoms with Crippen LogP contribution >= 0.6 is 11.8 Å². The Morgan fingerprint density at radius 2 is 1.87 bits per heavy atom. The predicted octanol–water partition coefficient (Wildman–Crippen LogP) is 3.28. The van der Waals surface area contributed by atoms with E-state index in [-0.39, 0.29) is 12.3 Å². The maximum Gasteiger partial charge on any atom is 0.416 e. The molecule has 0 bridgehead atoms. The second kappa shape index (κ2) is 8.59. The van der Waals surface area contributed by atoms with Crippen LogP contribution in [-0.4, -0.2) is 36.7 Å². The zero-order chi connectivity index (χ0) is 16.7. The highest BCUT2D eigenvalue weighted by molar-refractivity contribution is 7.99. The first-order chi connectivity index (χ1) is 10.9. The topological polar surface area (TPSA) is 38.3 Å². The average molecular weight is 347 g/mol. The zero-order valence-corrected chi connectivity index (χ0v) is 13.5. The van der Waals surface area contributed by atoms with Gasteiger partial charge in [-0.3, -0.25) is 4.79 Å². The molecule has 2 rings (SSSR count). The molecule has 0 radical (unpaired) electrons. The summed E-state index contributed by atoms with van der Waals surface area (Å²) in [7, 11) is 0. The molecular formula is C16H20F3NO2S. The van der Waals surface area contributed by atoms with Crippen molar-refractivity contribution in [1.29, 1.82) is 0 Å². The molecule has 3 nitrogen and oxygen atoms in total. The Bertz CT molecular complexity index is 499. The summed E-state index contributed by atoms with van der Waals surface area (Å²) >= 11 is 1.83. The SMILES string of the molecule is O=C(Cc1ccc(C(F)(F)F)cc1)NCCSC1CCOCC1. The minimum absolute atomic E-state index is 0.0973. The van der Waals surface area contributed by atoms with Crippen molar-refractivity contribution in [2.24, 2.45) is 0 Å². The molecule has 1 heterocycles. The number of hydrogen-bond donors (Lipinski definition) is 1. The molecule has 0 unspecified atom stereocenters. The number of benzene rings is 1. The molecule has 0 aromatic heterocycles. The molecule has 1 saturated heterocycles. The van der Waals surface area contributed by atoms with E-state index in [0.717, 1.165) is 43.9 Å². The van der Waals surface area contributed by atoms with Crippen LogP contribution in [0.3, 0.4) is 0 Å². The maximum atomic E-state index is 12.5. The molecule has 1 aliphatic rings. The highest BCUT2D eigenvalue weighted by Crippen LogP contribution is 2.29. The summed E-state index contributed by atoms with van der Waals surface area (Å²) in [4.78, 5) is 11.8. The van der Waals surface area contributed by atoms with Gasteiger partial charge in [-0.1, -0.05) is 12.1 Å². The summed E-state index contributed by atoms with van der Waals surface area (Å²) in [5, 5.41) is 3.40. The van der Waals surface area contributed by atoms with Crippen molar-refractivity contribution in [1.82, 2.24) is 5.32 Å². The smallest absolute Gasteiger partial charge is 0.381 e. The molecule has 7 heteroatoms. The molecule has 0 aliphatic carbocycles. The van der Waals surface area contributed by atoms with Crippen molar-refractivity contribution in [2.45, 2.75) is 30.7 Å². The van der Waals surface area contributed by atoms with E-state index in [1.54, 1.807) is 0 Å². The number of rotatable bonds is 6. The molecule has 0 atom stereocenters. The lowest BCUT2D eigenvalue weighted by molar-refractivity contribution is -0.137. The van der Waals surface area contributed by atoms with Gasteiger partial charge in [-0.2, -0.15) is 24.9 Å². The number of alkyl halides is 3. The van der Waals surface area contributed by atoms with Crippen LogP contribution in [0.25, 0.3) is 0 Å². The molecule has 1 amide bonds. The van der Waals surface area contributed by atoms with E-state index in [1.165, 1.54) is 12.1 Å². The Labute approximate surface area is 138 Å². The number of thioether (sulfide) groups is 1. The predicted molar refractivity (Wildman–Crippen MR) is 84.5 cm³/mol. The van der Waals surface area contributed by atoms with E-state index in [0.29, 0.717) is 17.4 Å². The molecule has 1 aromatic rings. The van der Waals surface area contributed by atoms with Gasteiger partial charge in [0, 0.05) is 30.8 Å². The Balaban J connectivity index is 1.66. The number of nitrogens with one attached hydrogen (secondary N) is 1. The summed E-state index contributed by atoms with van der Waals surface area (Å²) in [6, 6.07) is 4.70.